The fourth-order valence-electron chi connectivity index (χ4n) is 0.865. The second kappa shape index (κ2) is 5.80. The third-order valence-electron chi connectivity index (χ3n) is 1.58. The van der Waals surface area contributed by atoms with Gasteiger partial charge >= 0.3 is 0 Å². The van der Waals surface area contributed by atoms with Crippen molar-refractivity contribution in [2.45, 2.75) is 17.4 Å². The van der Waals surface area contributed by atoms with Gasteiger partial charge in [0, 0.05) is 0 Å². The number of halogens is 3. The van der Waals surface area contributed by atoms with Crippen LogP contribution in [0.5, 0.6) is 0 Å². The van der Waals surface area contributed by atoms with Crippen molar-refractivity contribution < 1.29 is 13.2 Å². The first-order chi connectivity index (χ1) is 6.08. The van der Waals surface area contributed by atoms with Gasteiger partial charge in [0.1, 0.15) is 17.4 Å². The van der Waals surface area contributed by atoms with E-state index < -0.39 is 26.2 Å². The van der Waals surface area contributed by atoms with E-state index in [-0.39, 0.29) is 0 Å². The Morgan fingerprint density at radius 3 is 1.15 bits per heavy atom. The van der Waals surface area contributed by atoms with Crippen molar-refractivity contribution in [2.24, 2.45) is 0 Å². The zero-order valence-electron chi connectivity index (χ0n) is 7.22. The molecule has 0 aromatic rings. The number of rotatable bonds is 6. The topological polar surface area (TPSA) is 0 Å². The summed E-state index contributed by atoms with van der Waals surface area (Å²) >= 11 is 0. The zero-order valence-corrected chi connectivity index (χ0v) is 8.22. The molecule has 0 amide bonds. The largest absolute Gasteiger partial charge is 0.247 e. The molecule has 0 aromatic heterocycles. The first-order valence-electron chi connectivity index (χ1n) is 3.75. The van der Waals surface area contributed by atoms with E-state index in [1.54, 1.807) is 0 Å². The van der Waals surface area contributed by atoms with Crippen molar-refractivity contribution in [1.29, 1.82) is 0 Å². The van der Waals surface area contributed by atoms with Gasteiger partial charge in [-0.2, -0.15) is 0 Å². The molecule has 1 radical (unpaired) electrons. The molecule has 0 saturated carbocycles. The molecule has 0 aliphatic heterocycles. The van der Waals surface area contributed by atoms with E-state index in [2.05, 4.69) is 19.7 Å². The van der Waals surface area contributed by atoms with Crippen molar-refractivity contribution >= 4 is 8.80 Å². The SMILES string of the molecule is C=CC(F)[Si](C(F)C=C)C(F)C=C. The van der Waals surface area contributed by atoms with Crippen molar-refractivity contribution in [1.82, 2.24) is 0 Å². The van der Waals surface area contributed by atoms with Gasteiger partial charge in [-0.05, 0) is 0 Å². The highest BCUT2D eigenvalue weighted by atomic mass is 28.3. The molecule has 0 heterocycles. The second-order valence-electron chi connectivity index (χ2n) is 2.41. The maximum absolute atomic E-state index is 13.0. The second-order valence-corrected chi connectivity index (χ2v) is 5.07. The van der Waals surface area contributed by atoms with Gasteiger partial charge in [0.25, 0.3) is 0 Å². The Labute approximate surface area is 78.1 Å². The monoisotopic (exact) mass is 205 g/mol. The molecule has 0 bridgehead atoms. The normalized spacial score (nSPS) is 17.5. The Balaban J connectivity index is 4.61. The zero-order chi connectivity index (χ0) is 10.4. The lowest BCUT2D eigenvalue weighted by atomic mass is 10.7. The molecule has 0 nitrogen and oxygen atoms in total. The number of alkyl halides is 3. The van der Waals surface area contributed by atoms with E-state index in [1.165, 1.54) is 0 Å². The highest BCUT2D eigenvalue weighted by Gasteiger charge is 2.35. The third-order valence-corrected chi connectivity index (χ3v) is 4.19. The Morgan fingerprint density at radius 1 is 0.769 bits per heavy atom. The van der Waals surface area contributed by atoms with Crippen molar-refractivity contribution in [3.8, 4) is 0 Å². The average Bonchev–Trinajstić information content (AvgIpc) is 2.16. The fraction of sp³-hybridized carbons (Fsp3) is 0.333. The summed E-state index contributed by atoms with van der Waals surface area (Å²) < 4.78 is 39.1. The van der Waals surface area contributed by atoms with E-state index in [9.17, 15) is 13.2 Å². The minimum absolute atomic E-state index is 0.917. The minimum Gasteiger partial charge on any atom is -0.247 e. The highest BCUT2D eigenvalue weighted by molar-refractivity contribution is 6.64. The Kier molecular flexibility index (Phi) is 5.46. The predicted octanol–water partition coefficient (Wildman–Crippen LogP) is 2.67. The maximum atomic E-state index is 13.0. The van der Waals surface area contributed by atoms with Crippen LogP contribution in [0.3, 0.4) is 0 Å². The van der Waals surface area contributed by atoms with Gasteiger partial charge in [0.05, 0.1) is 0 Å². The predicted molar refractivity (Wildman–Crippen MR) is 51.0 cm³/mol. The van der Waals surface area contributed by atoms with E-state index in [0.717, 1.165) is 18.2 Å². The molecule has 0 aliphatic rings. The minimum atomic E-state index is -2.48. The lowest BCUT2D eigenvalue weighted by molar-refractivity contribution is 0.407. The van der Waals surface area contributed by atoms with Gasteiger partial charge in [0.2, 0.25) is 0 Å². The molecule has 0 saturated heterocycles. The lowest BCUT2D eigenvalue weighted by Crippen LogP contribution is -2.43. The first-order valence-corrected chi connectivity index (χ1v) is 5.48. The van der Waals surface area contributed by atoms with Crippen LogP contribution < -0.4 is 0 Å². The van der Waals surface area contributed by atoms with Crippen LogP contribution in [-0.4, -0.2) is 26.2 Å². The van der Waals surface area contributed by atoms with Crippen molar-refractivity contribution in [3.63, 3.8) is 0 Å². The fourth-order valence-corrected chi connectivity index (χ4v) is 2.59. The summed E-state index contributed by atoms with van der Waals surface area (Å²) in [5.41, 5.74) is 0. The summed E-state index contributed by atoms with van der Waals surface area (Å²) in [6.07, 6.45) is 2.75. The van der Waals surface area contributed by atoms with Gasteiger partial charge in [-0.25, -0.2) is 13.2 Å². The molecule has 73 valence electrons. The first kappa shape index (κ1) is 12.2. The number of allylic oxidation sites excluding steroid dienone is 3. The van der Waals surface area contributed by atoms with Gasteiger partial charge in [-0.15, -0.1) is 19.7 Å². The van der Waals surface area contributed by atoms with Gasteiger partial charge in [0.15, 0.2) is 8.80 Å². The van der Waals surface area contributed by atoms with E-state index >= 15 is 0 Å². The molecule has 4 heteroatoms. The average molecular weight is 205 g/mol. The Morgan fingerprint density at radius 2 is 1.00 bits per heavy atom. The number of hydrogen-bond donors (Lipinski definition) is 0. The van der Waals surface area contributed by atoms with Crippen LogP contribution in [0.4, 0.5) is 13.2 Å². The third kappa shape index (κ3) is 3.22. The van der Waals surface area contributed by atoms with Crippen molar-refractivity contribution in [2.75, 3.05) is 0 Å². The molecular formula is C9H12F3Si. The lowest BCUT2D eigenvalue weighted by Gasteiger charge is -2.19. The molecule has 0 N–H and O–H groups in total. The van der Waals surface area contributed by atoms with Crippen LogP contribution >= 0.6 is 0 Å². The molecule has 0 rings (SSSR count). The Hall–Kier alpha value is -0.773. The summed E-state index contributed by atoms with van der Waals surface area (Å²) in [5.74, 6) is -4.90. The van der Waals surface area contributed by atoms with Gasteiger partial charge < -0.3 is 0 Å². The molecule has 0 aliphatic carbocycles. The molecule has 3 unspecified atom stereocenters. The van der Waals surface area contributed by atoms with Crippen LogP contribution in [-0.2, 0) is 0 Å². The summed E-state index contributed by atoms with van der Waals surface area (Å²) in [6.45, 7) is 9.49. The summed E-state index contributed by atoms with van der Waals surface area (Å²) in [6, 6.07) is 0. The number of hydrogen-bond acceptors (Lipinski definition) is 0. The molecule has 0 spiro atoms. The molecular weight excluding hydrogens is 193 g/mol. The van der Waals surface area contributed by atoms with Crippen molar-refractivity contribution in [3.05, 3.63) is 38.0 Å². The molecule has 3 atom stereocenters. The molecule has 0 fully saturated rings. The van der Waals surface area contributed by atoms with Crippen LogP contribution in [0.15, 0.2) is 38.0 Å². The summed E-state index contributed by atoms with van der Waals surface area (Å²) in [4.78, 5) is 0. The van der Waals surface area contributed by atoms with Gasteiger partial charge in [-0.3, -0.25) is 0 Å². The summed E-state index contributed by atoms with van der Waals surface area (Å²) in [5, 5.41) is 0. The van der Waals surface area contributed by atoms with E-state index in [1.807, 2.05) is 0 Å². The molecule has 13 heavy (non-hydrogen) atoms. The van der Waals surface area contributed by atoms with E-state index in [4.69, 9.17) is 0 Å². The quantitative estimate of drug-likeness (QED) is 0.462. The van der Waals surface area contributed by atoms with E-state index in [0.29, 0.717) is 0 Å². The van der Waals surface area contributed by atoms with Crippen LogP contribution in [0.25, 0.3) is 0 Å². The Bertz CT molecular complexity index is 160. The standard InChI is InChI=1S/C9H12F3Si/c1-4-7(10)13(8(11)5-2)9(12)6-3/h4-9H,1-3H2. The maximum Gasteiger partial charge on any atom is 0.190 e. The smallest absolute Gasteiger partial charge is 0.190 e. The highest BCUT2D eigenvalue weighted by Crippen LogP contribution is 2.15. The van der Waals surface area contributed by atoms with Crippen LogP contribution in [0, 0.1) is 0 Å². The van der Waals surface area contributed by atoms with Crippen LogP contribution in [0.2, 0.25) is 0 Å². The van der Waals surface area contributed by atoms with Gasteiger partial charge in [-0.1, -0.05) is 18.2 Å². The summed E-state index contributed by atoms with van der Waals surface area (Å²) in [7, 11) is -2.48. The van der Waals surface area contributed by atoms with Crippen LogP contribution in [0.1, 0.15) is 0 Å². The molecule has 0 aromatic carbocycles.